The Morgan fingerprint density at radius 3 is 2.43 bits per heavy atom. The number of benzene rings is 1. The lowest BCUT2D eigenvalue weighted by molar-refractivity contribution is 0.0890. The highest BCUT2D eigenvalue weighted by Crippen LogP contribution is 2.47. The maximum atomic E-state index is 8.79. The molecule has 35 heavy (non-hydrogen) atoms. The molecular weight excluding hydrogens is 450 g/mol. The largest absolute Gasteiger partial charge is 0.394 e. The predicted octanol–water partition coefficient (Wildman–Crippen LogP) is 8.64. The fourth-order valence-corrected chi connectivity index (χ4v) is 6.59. The van der Waals surface area contributed by atoms with Gasteiger partial charge in [-0.2, -0.15) is 0 Å². The van der Waals surface area contributed by atoms with Crippen LogP contribution < -0.4 is 0 Å². The summed E-state index contributed by atoms with van der Waals surface area (Å²) in [5.74, 6) is 1.31. The van der Waals surface area contributed by atoms with Crippen molar-refractivity contribution >= 4 is 11.3 Å². The second-order valence-corrected chi connectivity index (χ2v) is 13.0. The fourth-order valence-electron chi connectivity index (χ4n) is 5.59. The van der Waals surface area contributed by atoms with Gasteiger partial charge in [0.05, 0.1) is 23.9 Å². The third-order valence-electron chi connectivity index (χ3n) is 8.14. The smallest absolute Gasteiger partial charge is 0.0963 e. The van der Waals surface area contributed by atoms with Crippen LogP contribution in [0.25, 0.3) is 11.3 Å². The Morgan fingerprint density at radius 1 is 0.971 bits per heavy atom. The minimum absolute atomic E-state index is 0.121. The van der Waals surface area contributed by atoms with Crippen molar-refractivity contribution in [2.45, 2.75) is 116 Å². The number of aromatic nitrogens is 1. The highest BCUT2D eigenvalue weighted by molar-refractivity contribution is 7.10. The van der Waals surface area contributed by atoms with Crippen LogP contribution in [0.4, 0.5) is 0 Å². The number of hydrogen-bond donors (Lipinski definition) is 1. The summed E-state index contributed by atoms with van der Waals surface area (Å²) >= 11 is 1.86. The van der Waals surface area contributed by atoms with Crippen molar-refractivity contribution in [1.82, 2.24) is 4.98 Å². The number of rotatable bonds is 14. The van der Waals surface area contributed by atoms with Crippen molar-refractivity contribution in [2.24, 2.45) is 5.92 Å². The Hall–Kier alpha value is -1.23. The molecule has 0 spiro atoms. The first-order valence-electron chi connectivity index (χ1n) is 14.0. The summed E-state index contributed by atoms with van der Waals surface area (Å²) in [6.07, 6.45) is 11.0. The normalized spacial score (nSPS) is 18.3. The average molecular weight is 500 g/mol. The molecule has 2 aromatic rings. The molecule has 196 valence electrons. The van der Waals surface area contributed by atoms with Gasteiger partial charge in [0.15, 0.2) is 0 Å². The van der Waals surface area contributed by atoms with Crippen molar-refractivity contribution in [1.29, 1.82) is 0 Å². The van der Waals surface area contributed by atoms with Crippen LogP contribution >= 0.6 is 11.3 Å². The van der Waals surface area contributed by atoms with Crippen LogP contribution in [-0.4, -0.2) is 29.9 Å². The summed E-state index contributed by atoms with van der Waals surface area (Å²) in [5, 5.41) is 12.4. The monoisotopic (exact) mass is 499 g/mol. The summed E-state index contributed by atoms with van der Waals surface area (Å²) in [5.41, 5.74) is 5.96. The fraction of sp³-hybridized carbons (Fsp3) is 0.710. The van der Waals surface area contributed by atoms with E-state index in [2.05, 4.69) is 65.1 Å². The Morgan fingerprint density at radius 2 is 1.71 bits per heavy atom. The van der Waals surface area contributed by atoms with Crippen molar-refractivity contribution < 1.29 is 9.84 Å². The van der Waals surface area contributed by atoms with E-state index < -0.39 is 0 Å². The maximum Gasteiger partial charge on any atom is 0.0963 e. The lowest BCUT2D eigenvalue weighted by Gasteiger charge is -2.42. The Balaban J connectivity index is 1.63. The number of unbranched alkanes of at least 4 members (excludes halogenated alkanes) is 1. The quantitative estimate of drug-likeness (QED) is 0.264. The Kier molecular flexibility index (Phi) is 10.4. The SMILES string of the molecule is CCCC(CC[C@H](C)CCCCOCCO)c1nc(-c2ccc3c(c2)C(C)(C)CCC3(C)C)cs1. The maximum absolute atomic E-state index is 8.79. The van der Waals surface area contributed by atoms with Crippen LogP contribution in [0.3, 0.4) is 0 Å². The van der Waals surface area contributed by atoms with Gasteiger partial charge in [-0.05, 0) is 66.0 Å². The predicted molar refractivity (Wildman–Crippen MR) is 151 cm³/mol. The highest BCUT2D eigenvalue weighted by atomic mass is 32.1. The van der Waals surface area contributed by atoms with Crippen LogP contribution in [0.15, 0.2) is 23.6 Å². The van der Waals surface area contributed by atoms with E-state index in [9.17, 15) is 0 Å². The van der Waals surface area contributed by atoms with Gasteiger partial charge < -0.3 is 9.84 Å². The lowest BCUT2D eigenvalue weighted by atomic mass is 9.63. The molecule has 1 aromatic heterocycles. The second-order valence-electron chi connectivity index (χ2n) is 12.1. The standard InChI is InChI=1S/C31H49NO2S/c1-7-10-24(13-12-23(2)11-8-9-19-34-20-18-33)29-32-28(22-35-29)25-14-15-26-27(21-25)31(5,6)17-16-30(26,3)4/h14-15,21-24,33H,7-13,16-20H2,1-6H3/t23-,24?/m1/s1. The van der Waals surface area contributed by atoms with Gasteiger partial charge in [-0.15, -0.1) is 11.3 Å². The summed E-state index contributed by atoms with van der Waals surface area (Å²) < 4.78 is 5.39. The number of nitrogens with zero attached hydrogens (tertiary/aromatic N) is 1. The molecule has 1 unspecified atom stereocenters. The molecule has 3 nitrogen and oxygen atoms in total. The van der Waals surface area contributed by atoms with Crippen molar-refractivity contribution in [3.63, 3.8) is 0 Å². The lowest BCUT2D eigenvalue weighted by Crippen LogP contribution is -2.33. The Labute approximate surface area is 218 Å². The van der Waals surface area contributed by atoms with Gasteiger partial charge in [0, 0.05) is 23.5 Å². The number of aliphatic hydroxyl groups excluding tert-OH is 1. The zero-order valence-electron chi connectivity index (χ0n) is 23.2. The summed E-state index contributed by atoms with van der Waals surface area (Å²) in [7, 11) is 0. The van der Waals surface area contributed by atoms with Crippen LogP contribution in [0.1, 0.15) is 121 Å². The molecule has 1 aliphatic carbocycles. The molecule has 1 heterocycles. The zero-order valence-corrected chi connectivity index (χ0v) is 24.0. The topological polar surface area (TPSA) is 42.4 Å². The van der Waals surface area contributed by atoms with E-state index >= 15 is 0 Å². The molecule has 0 saturated heterocycles. The van der Waals surface area contributed by atoms with Gasteiger partial charge in [0.25, 0.3) is 0 Å². The number of fused-ring (bicyclic) bond motifs is 1. The van der Waals surface area contributed by atoms with Gasteiger partial charge >= 0.3 is 0 Å². The van der Waals surface area contributed by atoms with Gasteiger partial charge in [-0.3, -0.25) is 0 Å². The molecule has 0 radical (unpaired) electrons. The van der Waals surface area contributed by atoms with E-state index in [-0.39, 0.29) is 17.4 Å². The number of ether oxygens (including phenoxy) is 1. The molecule has 0 amide bonds. The number of aliphatic hydroxyl groups is 1. The molecular formula is C31H49NO2S. The minimum Gasteiger partial charge on any atom is -0.394 e. The van der Waals surface area contributed by atoms with E-state index in [0.717, 1.165) is 24.6 Å². The molecule has 1 aromatic carbocycles. The summed E-state index contributed by atoms with van der Waals surface area (Å²) in [6, 6.07) is 7.13. The van der Waals surface area contributed by atoms with Crippen molar-refractivity contribution in [3.8, 4) is 11.3 Å². The van der Waals surface area contributed by atoms with E-state index in [1.54, 1.807) is 0 Å². The molecule has 0 fully saturated rings. The first-order chi connectivity index (χ1) is 16.7. The van der Waals surface area contributed by atoms with Crippen LogP contribution in [0.2, 0.25) is 0 Å². The van der Waals surface area contributed by atoms with Crippen molar-refractivity contribution in [2.75, 3.05) is 19.8 Å². The first kappa shape index (κ1) is 28.3. The molecule has 0 saturated carbocycles. The summed E-state index contributed by atoms with van der Waals surface area (Å²) in [4.78, 5) is 5.20. The van der Waals surface area contributed by atoms with Gasteiger partial charge in [0.1, 0.15) is 0 Å². The third kappa shape index (κ3) is 7.63. The van der Waals surface area contributed by atoms with Crippen molar-refractivity contribution in [3.05, 3.63) is 39.7 Å². The molecule has 3 rings (SSSR count). The van der Waals surface area contributed by atoms with Gasteiger partial charge in [-0.25, -0.2) is 4.98 Å². The van der Waals surface area contributed by atoms with Crippen LogP contribution in [-0.2, 0) is 15.6 Å². The molecule has 4 heteroatoms. The molecule has 0 bridgehead atoms. The van der Waals surface area contributed by atoms with E-state index in [0.29, 0.717) is 12.5 Å². The zero-order chi connectivity index (χ0) is 25.5. The second kappa shape index (κ2) is 12.8. The highest BCUT2D eigenvalue weighted by Gasteiger charge is 2.37. The number of hydrogen-bond acceptors (Lipinski definition) is 4. The molecule has 0 aliphatic heterocycles. The van der Waals surface area contributed by atoms with Gasteiger partial charge in [0.2, 0.25) is 0 Å². The first-order valence-corrected chi connectivity index (χ1v) is 14.9. The number of thiazole rings is 1. The Bertz CT molecular complexity index is 916. The van der Waals surface area contributed by atoms with Crippen LogP contribution in [0.5, 0.6) is 0 Å². The van der Waals surface area contributed by atoms with Gasteiger partial charge in [-0.1, -0.05) is 79.4 Å². The molecule has 1 aliphatic rings. The third-order valence-corrected chi connectivity index (χ3v) is 9.14. The van der Waals surface area contributed by atoms with E-state index in [1.807, 2.05) is 11.3 Å². The molecule has 2 atom stereocenters. The minimum atomic E-state index is 0.121. The average Bonchev–Trinajstić information content (AvgIpc) is 3.32. The van der Waals surface area contributed by atoms with E-state index in [4.69, 9.17) is 14.8 Å². The van der Waals surface area contributed by atoms with E-state index in [1.165, 1.54) is 73.1 Å². The van der Waals surface area contributed by atoms with Crippen LogP contribution in [0, 0.1) is 5.92 Å². The molecule has 1 N–H and O–H groups in total. The summed E-state index contributed by atoms with van der Waals surface area (Å²) in [6.45, 7) is 15.6.